The van der Waals surface area contributed by atoms with E-state index in [9.17, 15) is 22.8 Å². The highest BCUT2D eigenvalue weighted by Crippen LogP contribution is 2.34. The number of aromatic nitrogens is 1. The first kappa shape index (κ1) is 18.3. The van der Waals surface area contributed by atoms with Gasteiger partial charge in [-0.2, -0.15) is 13.2 Å². The van der Waals surface area contributed by atoms with Crippen LogP contribution in [0.1, 0.15) is 18.4 Å². The second kappa shape index (κ2) is 7.25. The number of hydrogen-bond acceptors (Lipinski definition) is 4. The molecule has 0 aromatic carbocycles. The molecule has 1 fully saturated rings. The van der Waals surface area contributed by atoms with Crippen molar-refractivity contribution in [3.05, 3.63) is 22.8 Å². The number of halogens is 4. The quantitative estimate of drug-likeness (QED) is 0.754. The minimum absolute atomic E-state index is 0.0563. The van der Waals surface area contributed by atoms with Crippen molar-refractivity contribution in [2.45, 2.75) is 19.0 Å². The number of aliphatic carboxylic acids is 1. The molecule has 2 rings (SSSR count). The van der Waals surface area contributed by atoms with E-state index < -0.39 is 29.5 Å². The normalized spacial score (nSPS) is 20.2. The number of ether oxygens (including phenoxy) is 1. The molecule has 0 bridgehead atoms. The van der Waals surface area contributed by atoms with Gasteiger partial charge in [0.1, 0.15) is 11.6 Å². The fraction of sp³-hybridized carbons (Fsp3) is 0.500. The van der Waals surface area contributed by atoms with E-state index in [2.05, 4.69) is 10.3 Å². The number of carboxylic acid groups (broad SMARTS) is 1. The van der Waals surface area contributed by atoms with Crippen molar-refractivity contribution in [3.8, 4) is 5.88 Å². The predicted molar refractivity (Wildman–Crippen MR) is 76.6 cm³/mol. The van der Waals surface area contributed by atoms with E-state index in [1.807, 2.05) is 0 Å². The number of nitrogens with one attached hydrogen (secondary N) is 1. The minimum Gasteiger partial charge on any atom is -0.481 e. The van der Waals surface area contributed by atoms with Gasteiger partial charge in [0.05, 0.1) is 23.9 Å². The number of nitrogens with zero attached hydrogens (tertiary/aromatic N) is 1. The highest BCUT2D eigenvalue weighted by Gasteiger charge is 2.41. The molecule has 2 unspecified atom stereocenters. The van der Waals surface area contributed by atoms with Gasteiger partial charge in [-0.05, 0) is 18.9 Å². The number of alkyl halides is 3. The smallest absolute Gasteiger partial charge is 0.417 e. The van der Waals surface area contributed by atoms with Crippen molar-refractivity contribution >= 4 is 23.5 Å². The van der Waals surface area contributed by atoms with Gasteiger partial charge in [-0.25, -0.2) is 4.98 Å². The molecule has 0 saturated heterocycles. The van der Waals surface area contributed by atoms with E-state index in [1.165, 1.54) is 0 Å². The van der Waals surface area contributed by atoms with Gasteiger partial charge in [-0.1, -0.05) is 11.6 Å². The lowest BCUT2D eigenvalue weighted by Gasteiger charge is -2.31. The van der Waals surface area contributed by atoms with Crippen molar-refractivity contribution in [2.24, 2.45) is 11.8 Å². The van der Waals surface area contributed by atoms with Crippen LogP contribution in [-0.4, -0.2) is 35.1 Å². The van der Waals surface area contributed by atoms with Crippen LogP contribution in [0.5, 0.6) is 5.88 Å². The number of rotatable bonds is 6. The molecular weight excluding hydrogens is 353 g/mol. The number of pyridine rings is 1. The molecule has 0 spiro atoms. The summed E-state index contributed by atoms with van der Waals surface area (Å²) in [5, 5.41) is 11.1. The van der Waals surface area contributed by atoms with E-state index in [1.54, 1.807) is 0 Å². The lowest BCUT2D eigenvalue weighted by Crippen LogP contribution is -2.44. The zero-order valence-electron chi connectivity index (χ0n) is 12.3. The van der Waals surface area contributed by atoms with Crippen LogP contribution in [0.15, 0.2) is 12.3 Å². The van der Waals surface area contributed by atoms with E-state index in [0.29, 0.717) is 25.1 Å². The molecular formula is C14H14ClF3N2O4. The summed E-state index contributed by atoms with van der Waals surface area (Å²) in [7, 11) is 0. The summed E-state index contributed by atoms with van der Waals surface area (Å²) in [6, 6.07) is 0.703. The molecule has 0 radical (unpaired) electrons. The summed E-state index contributed by atoms with van der Waals surface area (Å²) >= 11 is 5.67. The molecule has 24 heavy (non-hydrogen) atoms. The molecule has 1 amide bonds. The third-order valence-electron chi connectivity index (χ3n) is 3.70. The first-order chi connectivity index (χ1) is 11.2. The maximum atomic E-state index is 12.5. The van der Waals surface area contributed by atoms with Crippen LogP contribution in [0.25, 0.3) is 0 Å². The van der Waals surface area contributed by atoms with Gasteiger partial charge < -0.3 is 15.2 Å². The molecule has 1 aromatic heterocycles. The van der Waals surface area contributed by atoms with Gasteiger partial charge >= 0.3 is 12.1 Å². The summed E-state index contributed by atoms with van der Waals surface area (Å²) in [6.07, 6.45) is -2.97. The highest BCUT2D eigenvalue weighted by atomic mass is 35.5. The van der Waals surface area contributed by atoms with Gasteiger partial charge in [0.25, 0.3) is 0 Å². The SMILES string of the molecule is O=C(O)C1CCC1C(=O)NCCOc1ncc(C(F)(F)F)cc1Cl. The summed E-state index contributed by atoms with van der Waals surface area (Å²) < 4.78 is 42.5. The molecule has 1 aliphatic rings. The van der Waals surface area contributed by atoms with E-state index in [-0.39, 0.29) is 30.0 Å². The average Bonchev–Trinajstić information content (AvgIpc) is 2.41. The number of carboxylic acids is 1. The summed E-state index contributed by atoms with van der Waals surface area (Å²) in [5.41, 5.74) is -0.988. The minimum atomic E-state index is -4.55. The third kappa shape index (κ3) is 4.28. The lowest BCUT2D eigenvalue weighted by molar-refractivity contribution is -0.152. The Balaban J connectivity index is 1.78. The Morgan fingerprint density at radius 1 is 1.38 bits per heavy atom. The highest BCUT2D eigenvalue weighted by molar-refractivity contribution is 6.31. The maximum absolute atomic E-state index is 12.5. The molecule has 1 heterocycles. The Morgan fingerprint density at radius 3 is 2.54 bits per heavy atom. The van der Waals surface area contributed by atoms with Crippen LogP contribution in [0.4, 0.5) is 13.2 Å². The third-order valence-corrected chi connectivity index (χ3v) is 3.97. The Kier molecular flexibility index (Phi) is 5.53. The van der Waals surface area contributed by atoms with Gasteiger partial charge in [0, 0.05) is 6.20 Å². The lowest BCUT2D eigenvalue weighted by atomic mass is 9.73. The van der Waals surface area contributed by atoms with Crippen molar-refractivity contribution < 1.29 is 32.6 Å². The average molecular weight is 367 g/mol. The molecule has 1 aromatic rings. The van der Waals surface area contributed by atoms with Crippen molar-refractivity contribution in [1.29, 1.82) is 0 Å². The van der Waals surface area contributed by atoms with Gasteiger partial charge in [0.15, 0.2) is 0 Å². The summed E-state index contributed by atoms with van der Waals surface area (Å²) in [6.45, 7) is -0.00497. The molecule has 6 nitrogen and oxygen atoms in total. The largest absolute Gasteiger partial charge is 0.481 e. The predicted octanol–water partition coefficient (Wildman–Crippen LogP) is 2.36. The second-order valence-corrected chi connectivity index (χ2v) is 5.68. The van der Waals surface area contributed by atoms with Crippen molar-refractivity contribution in [2.75, 3.05) is 13.2 Å². The molecule has 2 N–H and O–H groups in total. The molecule has 1 saturated carbocycles. The molecule has 1 aliphatic carbocycles. The van der Waals surface area contributed by atoms with Crippen LogP contribution < -0.4 is 10.1 Å². The summed E-state index contributed by atoms with van der Waals surface area (Å²) in [5.74, 6) is -2.79. The van der Waals surface area contributed by atoms with Crippen LogP contribution in [0.3, 0.4) is 0 Å². The Bertz CT molecular complexity index is 639. The van der Waals surface area contributed by atoms with Crippen LogP contribution >= 0.6 is 11.6 Å². The zero-order valence-corrected chi connectivity index (χ0v) is 13.0. The molecule has 0 aliphatic heterocycles. The van der Waals surface area contributed by atoms with E-state index in [0.717, 1.165) is 0 Å². The van der Waals surface area contributed by atoms with Gasteiger partial charge in [-0.3, -0.25) is 9.59 Å². The van der Waals surface area contributed by atoms with Crippen molar-refractivity contribution in [1.82, 2.24) is 10.3 Å². The first-order valence-electron chi connectivity index (χ1n) is 7.06. The van der Waals surface area contributed by atoms with Crippen LogP contribution in [0.2, 0.25) is 5.02 Å². The Morgan fingerprint density at radius 2 is 2.04 bits per heavy atom. The number of hydrogen-bond donors (Lipinski definition) is 2. The fourth-order valence-corrected chi connectivity index (χ4v) is 2.47. The Hall–Kier alpha value is -2.03. The fourth-order valence-electron chi connectivity index (χ4n) is 2.25. The standard InChI is InChI=1S/C14H14ClF3N2O4/c15-10-5-7(14(16,17)18)6-20-12(10)24-4-3-19-11(21)8-1-2-9(8)13(22)23/h5-6,8-9H,1-4H2,(H,19,21)(H,22,23). The number of carbonyl (C=O) groups excluding carboxylic acids is 1. The molecule has 132 valence electrons. The molecule has 10 heteroatoms. The number of amides is 1. The van der Waals surface area contributed by atoms with Gasteiger partial charge in [0.2, 0.25) is 11.8 Å². The summed E-state index contributed by atoms with van der Waals surface area (Å²) in [4.78, 5) is 26.1. The topological polar surface area (TPSA) is 88.5 Å². The monoisotopic (exact) mass is 366 g/mol. The van der Waals surface area contributed by atoms with Crippen LogP contribution in [-0.2, 0) is 15.8 Å². The maximum Gasteiger partial charge on any atom is 0.417 e. The van der Waals surface area contributed by atoms with Crippen molar-refractivity contribution in [3.63, 3.8) is 0 Å². The van der Waals surface area contributed by atoms with E-state index in [4.69, 9.17) is 21.4 Å². The first-order valence-corrected chi connectivity index (χ1v) is 7.44. The number of carbonyl (C=O) groups is 2. The molecule has 2 atom stereocenters. The Labute approximate surface area is 140 Å². The van der Waals surface area contributed by atoms with Gasteiger partial charge in [-0.15, -0.1) is 0 Å². The second-order valence-electron chi connectivity index (χ2n) is 5.28. The zero-order chi connectivity index (χ0) is 17.9. The van der Waals surface area contributed by atoms with Crippen LogP contribution in [0, 0.1) is 11.8 Å². The van der Waals surface area contributed by atoms with E-state index >= 15 is 0 Å².